The number of rotatable bonds is 4. The number of aromatic nitrogens is 6. The molecule has 0 atom stereocenters. The summed E-state index contributed by atoms with van der Waals surface area (Å²) in [5.41, 5.74) is 0. The minimum Gasteiger partial charge on any atom is -0.357 e. The van der Waals surface area contributed by atoms with Gasteiger partial charge in [0.05, 0.1) is 5.02 Å². The normalized spacial score (nSPS) is 10.6. The Morgan fingerprint density at radius 3 is 2.81 bits per heavy atom. The standard InChI is InChI=1S/C12H10ClN7S/c1-14-10-17-11(20-7-3-6-16-20)19-12(18-10)21-9-8(13)4-2-5-15-9/h2-7H,1H3,(H,14,17,18,19). The van der Waals surface area contributed by atoms with Crippen molar-refractivity contribution >= 4 is 29.3 Å². The average molecular weight is 320 g/mol. The highest BCUT2D eigenvalue weighted by Crippen LogP contribution is 2.29. The topological polar surface area (TPSA) is 81.4 Å². The molecule has 0 fully saturated rings. The Bertz CT molecular complexity index is 747. The van der Waals surface area contributed by atoms with E-state index < -0.39 is 0 Å². The molecule has 0 saturated heterocycles. The van der Waals surface area contributed by atoms with E-state index in [1.165, 1.54) is 11.8 Å². The van der Waals surface area contributed by atoms with E-state index in [2.05, 4.69) is 30.4 Å². The molecule has 0 aliphatic carbocycles. The molecule has 9 heteroatoms. The Morgan fingerprint density at radius 2 is 2.10 bits per heavy atom. The van der Waals surface area contributed by atoms with Crippen LogP contribution in [0.3, 0.4) is 0 Å². The zero-order valence-electron chi connectivity index (χ0n) is 10.9. The fraction of sp³-hybridized carbons (Fsp3) is 0.0833. The van der Waals surface area contributed by atoms with Gasteiger partial charge >= 0.3 is 0 Å². The molecule has 0 radical (unpaired) electrons. The van der Waals surface area contributed by atoms with E-state index in [0.717, 1.165) is 0 Å². The predicted octanol–water partition coefficient (Wildman–Crippen LogP) is 2.30. The van der Waals surface area contributed by atoms with Crippen molar-refractivity contribution in [2.24, 2.45) is 0 Å². The van der Waals surface area contributed by atoms with Crippen LogP contribution in [0.15, 0.2) is 47.0 Å². The van der Waals surface area contributed by atoms with E-state index in [-0.39, 0.29) is 0 Å². The summed E-state index contributed by atoms with van der Waals surface area (Å²) < 4.78 is 1.56. The third kappa shape index (κ3) is 3.11. The smallest absolute Gasteiger partial charge is 0.256 e. The molecule has 0 saturated carbocycles. The van der Waals surface area contributed by atoms with Crippen molar-refractivity contribution in [1.82, 2.24) is 29.7 Å². The largest absolute Gasteiger partial charge is 0.357 e. The molecule has 3 aromatic rings. The molecule has 0 aliphatic rings. The van der Waals surface area contributed by atoms with Crippen LogP contribution >= 0.6 is 23.4 Å². The highest BCUT2D eigenvalue weighted by Gasteiger charge is 2.11. The van der Waals surface area contributed by atoms with Gasteiger partial charge in [-0.25, -0.2) is 9.67 Å². The van der Waals surface area contributed by atoms with Gasteiger partial charge in [0.15, 0.2) is 0 Å². The molecule has 21 heavy (non-hydrogen) atoms. The second-order valence-corrected chi connectivity index (χ2v) is 5.20. The average Bonchev–Trinajstić information content (AvgIpc) is 3.04. The molecule has 0 aliphatic heterocycles. The van der Waals surface area contributed by atoms with Gasteiger partial charge in [-0.1, -0.05) is 11.6 Å². The lowest BCUT2D eigenvalue weighted by Crippen LogP contribution is -2.07. The van der Waals surface area contributed by atoms with Crippen LogP contribution in [0.5, 0.6) is 0 Å². The Hall–Kier alpha value is -2.19. The van der Waals surface area contributed by atoms with Crippen LogP contribution in [0.2, 0.25) is 5.02 Å². The Labute approximate surface area is 129 Å². The van der Waals surface area contributed by atoms with Crippen LogP contribution in [-0.2, 0) is 0 Å². The SMILES string of the molecule is CNc1nc(Sc2ncccc2Cl)nc(-n2cccn2)n1. The van der Waals surface area contributed by atoms with Crippen LogP contribution in [0, 0.1) is 0 Å². The summed E-state index contributed by atoms with van der Waals surface area (Å²) >= 11 is 7.37. The third-order valence-electron chi connectivity index (χ3n) is 2.45. The van der Waals surface area contributed by atoms with E-state index in [4.69, 9.17) is 11.6 Å². The molecule has 1 N–H and O–H groups in total. The maximum absolute atomic E-state index is 6.10. The second-order valence-electron chi connectivity index (χ2n) is 3.83. The van der Waals surface area contributed by atoms with Gasteiger partial charge in [0.1, 0.15) is 5.03 Å². The number of hydrogen-bond donors (Lipinski definition) is 1. The molecule has 106 valence electrons. The van der Waals surface area contributed by atoms with Gasteiger partial charge in [-0.15, -0.1) is 0 Å². The van der Waals surface area contributed by atoms with Crippen molar-refractivity contribution < 1.29 is 0 Å². The van der Waals surface area contributed by atoms with Crippen LogP contribution in [0.4, 0.5) is 5.95 Å². The number of pyridine rings is 1. The number of hydrogen-bond acceptors (Lipinski definition) is 7. The molecule has 3 aromatic heterocycles. The first-order valence-corrected chi connectivity index (χ1v) is 7.18. The summed E-state index contributed by atoms with van der Waals surface area (Å²) in [6.45, 7) is 0. The fourth-order valence-corrected chi connectivity index (χ4v) is 2.47. The molecule has 0 spiro atoms. The van der Waals surface area contributed by atoms with E-state index in [1.807, 2.05) is 0 Å². The van der Waals surface area contributed by atoms with Gasteiger partial charge in [0.2, 0.25) is 11.1 Å². The summed E-state index contributed by atoms with van der Waals surface area (Å²) in [6.07, 6.45) is 5.09. The Morgan fingerprint density at radius 1 is 1.19 bits per heavy atom. The minimum absolute atomic E-state index is 0.425. The monoisotopic (exact) mass is 319 g/mol. The molecule has 0 bridgehead atoms. The van der Waals surface area contributed by atoms with Crippen LogP contribution in [0.1, 0.15) is 0 Å². The van der Waals surface area contributed by atoms with E-state index in [1.54, 1.807) is 48.5 Å². The molecule has 0 amide bonds. The third-order valence-corrected chi connectivity index (χ3v) is 3.75. The van der Waals surface area contributed by atoms with E-state index in [0.29, 0.717) is 27.1 Å². The van der Waals surface area contributed by atoms with Crippen molar-refractivity contribution in [3.05, 3.63) is 41.8 Å². The number of nitrogens with zero attached hydrogens (tertiary/aromatic N) is 6. The Kier molecular flexibility index (Phi) is 3.98. The van der Waals surface area contributed by atoms with E-state index >= 15 is 0 Å². The maximum atomic E-state index is 6.10. The predicted molar refractivity (Wildman–Crippen MR) is 79.9 cm³/mol. The van der Waals surface area contributed by atoms with Crippen molar-refractivity contribution in [3.63, 3.8) is 0 Å². The first kappa shape index (κ1) is 13.8. The number of halogens is 1. The number of nitrogens with one attached hydrogen (secondary N) is 1. The molecule has 3 rings (SSSR count). The van der Waals surface area contributed by atoms with Crippen molar-refractivity contribution in [2.45, 2.75) is 10.2 Å². The lowest BCUT2D eigenvalue weighted by molar-refractivity contribution is 0.762. The van der Waals surface area contributed by atoms with Crippen molar-refractivity contribution in [3.8, 4) is 5.95 Å². The lowest BCUT2D eigenvalue weighted by atomic mass is 10.5. The van der Waals surface area contributed by atoms with Crippen LogP contribution in [-0.4, -0.2) is 36.8 Å². The van der Waals surface area contributed by atoms with Gasteiger partial charge in [-0.3, -0.25) is 0 Å². The van der Waals surface area contributed by atoms with Gasteiger partial charge in [-0.05, 0) is 30.0 Å². The van der Waals surface area contributed by atoms with Gasteiger partial charge in [0.25, 0.3) is 5.95 Å². The number of anilines is 1. The molecular formula is C12H10ClN7S. The quantitative estimate of drug-likeness (QED) is 0.790. The zero-order chi connectivity index (χ0) is 14.7. The molecule has 0 aromatic carbocycles. The highest BCUT2D eigenvalue weighted by molar-refractivity contribution is 7.99. The van der Waals surface area contributed by atoms with Crippen molar-refractivity contribution in [2.75, 3.05) is 12.4 Å². The van der Waals surface area contributed by atoms with E-state index in [9.17, 15) is 0 Å². The Balaban J connectivity index is 1.99. The summed E-state index contributed by atoms with van der Waals surface area (Å²) in [5, 5.41) is 8.69. The van der Waals surface area contributed by atoms with Gasteiger partial charge in [-0.2, -0.15) is 20.1 Å². The molecule has 3 heterocycles. The summed E-state index contributed by atoms with van der Waals surface area (Å²) in [5.74, 6) is 0.874. The van der Waals surface area contributed by atoms with Gasteiger partial charge in [0, 0.05) is 25.6 Å². The molecular weight excluding hydrogens is 310 g/mol. The van der Waals surface area contributed by atoms with Crippen molar-refractivity contribution in [1.29, 1.82) is 0 Å². The molecule has 0 unspecified atom stereocenters. The second kappa shape index (κ2) is 6.06. The lowest BCUT2D eigenvalue weighted by Gasteiger charge is -2.06. The maximum Gasteiger partial charge on any atom is 0.256 e. The zero-order valence-corrected chi connectivity index (χ0v) is 12.5. The highest BCUT2D eigenvalue weighted by atomic mass is 35.5. The summed E-state index contributed by atoms with van der Waals surface area (Å²) in [4.78, 5) is 17.1. The first-order valence-electron chi connectivity index (χ1n) is 5.98. The summed E-state index contributed by atoms with van der Waals surface area (Å²) in [6, 6.07) is 5.34. The first-order chi connectivity index (χ1) is 10.3. The minimum atomic E-state index is 0.425. The van der Waals surface area contributed by atoms with Crippen LogP contribution in [0.25, 0.3) is 5.95 Å². The fourth-order valence-electron chi connectivity index (χ4n) is 1.53. The molecule has 7 nitrogen and oxygen atoms in total. The summed E-state index contributed by atoms with van der Waals surface area (Å²) in [7, 11) is 1.74. The van der Waals surface area contributed by atoms with Crippen LogP contribution < -0.4 is 5.32 Å². The van der Waals surface area contributed by atoms with Gasteiger partial charge < -0.3 is 5.32 Å².